The predicted molar refractivity (Wildman–Crippen MR) is 82.5 cm³/mol. The van der Waals surface area contributed by atoms with E-state index >= 15 is 0 Å². The Morgan fingerprint density at radius 1 is 0.556 bits per heavy atom. The predicted octanol–water partition coefficient (Wildman–Crippen LogP) is 5.55. The highest BCUT2D eigenvalue weighted by Gasteiger charge is 2.38. The summed E-state index contributed by atoms with van der Waals surface area (Å²) in [6, 6.07) is 0. The van der Waals surface area contributed by atoms with Gasteiger partial charge in [-0.1, -0.05) is 48.6 Å². The Morgan fingerprint density at radius 2 is 0.722 bits per heavy atom. The minimum absolute atomic E-state index is 0.555. The van der Waals surface area contributed by atoms with Crippen LogP contribution in [0.3, 0.4) is 0 Å². The molecule has 1 aliphatic carbocycles. The second-order valence-electron chi connectivity index (χ2n) is 6.28. The van der Waals surface area contributed by atoms with Gasteiger partial charge in [0.2, 0.25) is 0 Å². The van der Waals surface area contributed by atoms with E-state index in [0.29, 0.717) is 23.7 Å². The Labute approximate surface area is 113 Å². The van der Waals surface area contributed by atoms with Gasteiger partial charge in [0.25, 0.3) is 0 Å². The molecular weight excluding hydrogens is 216 g/mol. The quantitative estimate of drug-likeness (QED) is 0.569. The van der Waals surface area contributed by atoms with Crippen LogP contribution in [0.1, 0.15) is 40.5 Å². The monoisotopic (exact) mass is 244 g/mol. The molecule has 100 valence electrons. The third kappa shape index (κ3) is 3.04. The second-order valence-corrected chi connectivity index (χ2v) is 6.28. The molecular formula is C18H28. The molecule has 0 radical (unpaired) electrons. The molecule has 1 aliphatic rings. The first-order valence-corrected chi connectivity index (χ1v) is 6.87. The van der Waals surface area contributed by atoms with Crippen LogP contribution in [0.25, 0.3) is 0 Å². The molecule has 0 heteroatoms. The summed E-state index contributed by atoms with van der Waals surface area (Å²) in [7, 11) is 0. The van der Waals surface area contributed by atoms with Crippen LogP contribution in [0.15, 0.2) is 48.6 Å². The molecule has 4 atom stereocenters. The Bertz CT molecular complexity index is 309. The van der Waals surface area contributed by atoms with Crippen LogP contribution in [0.2, 0.25) is 0 Å². The molecule has 0 aliphatic heterocycles. The van der Waals surface area contributed by atoms with Gasteiger partial charge in [-0.25, -0.2) is 0 Å². The summed E-state index contributed by atoms with van der Waals surface area (Å²) in [6.07, 6.45) is 2.30. The molecule has 0 amide bonds. The van der Waals surface area contributed by atoms with Crippen molar-refractivity contribution in [3.63, 3.8) is 0 Å². The maximum atomic E-state index is 4.18. The van der Waals surface area contributed by atoms with Crippen molar-refractivity contribution < 1.29 is 0 Å². The summed E-state index contributed by atoms with van der Waals surface area (Å²) in [4.78, 5) is 0. The van der Waals surface area contributed by atoms with Crippen molar-refractivity contribution in [2.24, 2.45) is 23.7 Å². The normalized spacial score (nSPS) is 31.8. The van der Waals surface area contributed by atoms with E-state index in [1.807, 2.05) is 0 Å². The van der Waals surface area contributed by atoms with Crippen LogP contribution in [0.4, 0.5) is 0 Å². The van der Waals surface area contributed by atoms with Crippen molar-refractivity contribution in [1.82, 2.24) is 0 Å². The lowest BCUT2D eigenvalue weighted by Gasteiger charge is -2.43. The molecule has 0 spiro atoms. The topological polar surface area (TPSA) is 0 Å². The molecule has 0 nitrogen and oxygen atoms in total. The van der Waals surface area contributed by atoms with Gasteiger partial charge in [-0.05, 0) is 64.2 Å². The Hall–Kier alpha value is -1.04. The Morgan fingerprint density at radius 3 is 0.833 bits per heavy atom. The van der Waals surface area contributed by atoms with E-state index in [1.165, 1.54) is 22.3 Å². The van der Waals surface area contributed by atoms with Crippen molar-refractivity contribution >= 4 is 0 Å². The van der Waals surface area contributed by atoms with Crippen molar-refractivity contribution in [2.75, 3.05) is 0 Å². The lowest BCUT2D eigenvalue weighted by Crippen LogP contribution is -2.33. The zero-order valence-electron chi connectivity index (χ0n) is 12.6. The fraction of sp³-hybridized carbons (Fsp3) is 0.556. The molecule has 1 fully saturated rings. The van der Waals surface area contributed by atoms with E-state index in [-0.39, 0.29) is 0 Å². The Balaban J connectivity index is 3.06. The SMILES string of the molecule is C=C(C)C1CC(C(=C)C)C(C(=C)C)CC1C(=C)C. The third-order valence-corrected chi connectivity index (χ3v) is 4.52. The summed E-state index contributed by atoms with van der Waals surface area (Å²) in [6.45, 7) is 25.3. The maximum Gasteiger partial charge on any atom is -0.0137 e. The molecule has 18 heavy (non-hydrogen) atoms. The molecule has 0 N–H and O–H groups in total. The first kappa shape index (κ1) is 15.0. The number of hydrogen-bond donors (Lipinski definition) is 0. The average molecular weight is 244 g/mol. The average Bonchev–Trinajstić information content (AvgIpc) is 2.26. The van der Waals surface area contributed by atoms with Crippen LogP contribution < -0.4 is 0 Å². The molecule has 0 aromatic carbocycles. The second kappa shape index (κ2) is 5.73. The number of hydrogen-bond acceptors (Lipinski definition) is 0. The van der Waals surface area contributed by atoms with Crippen LogP contribution in [0.5, 0.6) is 0 Å². The minimum atomic E-state index is 0.555. The van der Waals surface area contributed by atoms with E-state index in [0.717, 1.165) is 12.8 Å². The first-order chi connectivity index (χ1) is 8.25. The number of rotatable bonds is 4. The highest BCUT2D eigenvalue weighted by Crippen LogP contribution is 2.47. The third-order valence-electron chi connectivity index (χ3n) is 4.52. The van der Waals surface area contributed by atoms with E-state index < -0.39 is 0 Å². The summed E-state index contributed by atoms with van der Waals surface area (Å²) >= 11 is 0. The largest absolute Gasteiger partial charge is 0.0998 e. The fourth-order valence-corrected chi connectivity index (χ4v) is 3.38. The van der Waals surface area contributed by atoms with Gasteiger partial charge in [-0.3, -0.25) is 0 Å². The molecule has 0 heterocycles. The Kier molecular flexibility index (Phi) is 4.78. The van der Waals surface area contributed by atoms with Crippen LogP contribution in [0, 0.1) is 23.7 Å². The van der Waals surface area contributed by atoms with Gasteiger partial charge in [-0.2, -0.15) is 0 Å². The minimum Gasteiger partial charge on any atom is -0.0998 e. The molecule has 4 unspecified atom stereocenters. The van der Waals surface area contributed by atoms with Crippen LogP contribution in [-0.4, -0.2) is 0 Å². The van der Waals surface area contributed by atoms with Gasteiger partial charge < -0.3 is 0 Å². The van der Waals surface area contributed by atoms with Crippen LogP contribution >= 0.6 is 0 Å². The zero-order chi connectivity index (χ0) is 14.0. The van der Waals surface area contributed by atoms with Gasteiger partial charge in [0.05, 0.1) is 0 Å². The van der Waals surface area contributed by atoms with E-state index in [4.69, 9.17) is 0 Å². The zero-order valence-corrected chi connectivity index (χ0v) is 12.6. The molecule has 0 aromatic rings. The van der Waals surface area contributed by atoms with Crippen molar-refractivity contribution in [3.05, 3.63) is 48.6 Å². The standard InChI is InChI=1S/C18H28/c1-11(2)15-9-17(13(5)6)18(14(7)8)10-16(15)12(3)4/h15-18H,1,3,5,7,9-10H2,2,4,6,8H3. The lowest BCUT2D eigenvalue weighted by molar-refractivity contribution is 0.200. The van der Waals surface area contributed by atoms with E-state index in [1.54, 1.807) is 0 Å². The fourth-order valence-electron chi connectivity index (χ4n) is 3.38. The van der Waals surface area contributed by atoms with Gasteiger partial charge in [-0.15, -0.1) is 0 Å². The van der Waals surface area contributed by atoms with Crippen molar-refractivity contribution in [1.29, 1.82) is 0 Å². The van der Waals surface area contributed by atoms with Gasteiger partial charge in [0.15, 0.2) is 0 Å². The molecule has 1 rings (SSSR count). The molecule has 0 bridgehead atoms. The van der Waals surface area contributed by atoms with Crippen molar-refractivity contribution in [3.8, 4) is 0 Å². The van der Waals surface area contributed by atoms with Gasteiger partial charge in [0.1, 0.15) is 0 Å². The summed E-state index contributed by atoms with van der Waals surface area (Å²) in [5.41, 5.74) is 5.15. The van der Waals surface area contributed by atoms with E-state index in [9.17, 15) is 0 Å². The molecule has 0 saturated heterocycles. The summed E-state index contributed by atoms with van der Waals surface area (Å²) in [5.74, 6) is 2.22. The molecule has 0 aromatic heterocycles. The molecule has 1 saturated carbocycles. The lowest BCUT2D eigenvalue weighted by atomic mass is 9.61. The highest BCUT2D eigenvalue weighted by atomic mass is 14.4. The van der Waals surface area contributed by atoms with Gasteiger partial charge >= 0.3 is 0 Å². The van der Waals surface area contributed by atoms with Crippen molar-refractivity contribution in [2.45, 2.75) is 40.5 Å². The maximum absolute atomic E-state index is 4.18. The summed E-state index contributed by atoms with van der Waals surface area (Å²) < 4.78 is 0. The van der Waals surface area contributed by atoms with Crippen LogP contribution in [-0.2, 0) is 0 Å². The smallest absolute Gasteiger partial charge is 0.0137 e. The summed E-state index contributed by atoms with van der Waals surface area (Å²) in [5, 5.41) is 0. The van der Waals surface area contributed by atoms with E-state index in [2.05, 4.69) is 54.0 Å². The van der Waals surface area contributed by atoms with Gasteiger partial charge in [0, 0.05) is 0 Å². The number of allylic oxidation sites excluding steroid dienone is 4. The highest BCUT2D eigenvalue weighted by molar-refractivity contribution is 5.19. The first-order valence-electron chi connectivity index (χ1n) is 6.87.